The van der Waals surface area contributed by atoms with E-state index in [2.05, 4.69) is 20.8 Å². The molecule has 0 spiro atoms. The van der Waals surface area contributed by atoms with Gasteiger partial charge in [-0.05, 0) is 37.9 Å². The Labute approximate surface area is 130 Å². The molecule has 0 aromatic heterocycles. The van der Waals surface area contributed by atoms with Crippen LogP contribution >= 0.6 is 0 Å². The minimum absolute atomic E-state index is 0.0246. The monoisotopic (exact) mass is 310 g/mol. The standard InChI is InChI=1S/C16H30N2O2Si/c1-5-21(6-2,7-3)18-15(19)13(4)17(16(18)20)14-11-9-8-10-12-14/h13-14H,5-12H2,1-4H3. The zero-order chi connectivity index (χ0) is 15.6. The van der Waals surface area contributed by atoms with Crippen LogP contribution in [0.15, 0.2) is 0 Å². The van der Waals surface area contributed by atoms with E-state index < -0.39 is 8.24 Å². The van der Waals surface area contributed by atoms with Crippen LogP contribution in [-0.4, -0.2) is 41.7 Å². The number of nitrogens with zero attached hydrogens (tertiary/aromatic N) is 2. The Hall–Kier alpha value is -0.843. The van der Waals surface area contributed by atoms with Crippen LogP contribution in [0.3, 0.4) is 0 Å². The molecule has 2 rings (SSSR count). The first kappa shape index (κ1) is 16.5. The lowest BCUT2D eigenvalue weighted by molar-refractivity contribution is -0.125. The summed E-state index contributed by atoms with van der Waals surface area (Å²) in [4.78, 5) is 27.7. The van der Waals surface area contributed by atoms with Crippen LogP contribution in [0.2, 0.25) is 18.1 Å². The maximum absolute atomic E-state index is 13.0. The predicted octanol–water partition coefficient (Wildman–Crippen LogP) is 3.98. The van der Waals surface area contributed by atoms with Crippen molar-refractivity contribution in [3.63, 3.8) is 0 Å². The van der Waals surface area contributed by atoms with Crippen LogP contribution in [0.1, 0.15) is 59.8 Å². The van der Waals surface area contributed by atoms with Crippen molar-refractivity contribution in [3.05, 3.63) is 0 Å². The van der Waals surface area contributed by atoms with Gasteiger partial charge in [0.05, 0.1) is 0 Å². The lowest BCUT2D eigenvalue weighted by Gasteiger charge is -2.37. The molecule has 0 bridgehead atoms. The summed E-state index contributed by atoms with van der Waals surface area (Å²) in [5, 5.41) is 0. The summed E-state index contributed by atoms with van der Waals surface area (Å²) >= 11 is 0. The van der Waals surface area contributed by atoms with E-state index in [1.807, 2.05) is 11.8 Å². The largest absolute Gasteiger partial charge is 0.319 e. The molecule has 3 amide bonds. The summed E-state index contributed by atoms with van der Waals surface area (Å²) in [6, 6.07) is 2.98. The maximum atomic E-state index is 13.0. The Kier molecular flexibility index (Phi) is 5.12. The van der Waals surface area contributed by atoms with Gasteiger partial charge in [0, 0.05) is 6.04 Å². The van der Waals surface area contributed by atoms with Gasteiger partial charge in [-0.1, -0.05) is 40.0 Å². The molecule has 1 saturated carbocycles. The van der Waals surface area contributed by atoms with Crippen LogP contribution in [0.4, 0.5) is 4.79 Å². The molecule has 1 saturated heterocycles. The Bertz CT molecular complexity index is 395. The highest BCUT2D eigenvalue weighted by molar-refractivity contribution is 6.81. The molecule has 1 aliphatic carbocycles. The third-order valence-corrected chi connectivity index (χ3v) is 11.1. The average molecular weight is 311 g/mol. The first-order valence-electron chi connectivity index (χ1n) is 8.68. The van der Waals surface area contributed by atoms with Crippen molar-refractivity contribution in [3.8, 4) is 0 Å². The molecule has 1 aliphatic heterocycles. The number of carbonyl (C=O) groups excluding carboxylic acids is 2. The molecule has 0 N–H and O–H groups in total. The van der Waals surface area contributed by atoms with Crippen LogP contribution in [0.25, 0.3) is 0 Å². The van der Waals surface area contributed by atoms with Gasteiger partial charge in [0.2, 0.25) is 5.91 Å². The van der Waals surface area contributed by atoms with E-state index in [0.717, 1.165) is 31.0 Å². The summed E-state index contributed by atoms with van der Waals surface area (Å²) < 4.78 is 1.74. The molecule has 0 radical (unpaired) electrons. The second-order valence-corrected chi connectivity index (χ2v) is 11.6. The molecular formula is C16H30N2O2Si. The topological polar surface area (TPSA) is 40.6 Å². The lowest BCUT2D eigenvalue weighted by Crippen LogP contribution is -2.56. The fourth-order valence-corrected chi connectivity index (χ4v) is 7.80. The Morgan fingerprint density at radius 3 is 2.00 bits per heavy atom. The highest BCUT2D eigenvalue weighted by Gasteiger charge is 2.53. The third kappa shape index (κ3) is 2.65. The van der Waals surface area contributed by atoms with Gasteiger partial charge in [0.15, 0.2) is 8.24 Å². The quantitative estimate of drug-likeness (QED) is 0.569. The third-order valence-electron chi connectivity index (χ3n) is 5.82. The number of amides is 3. The summed E-state index contributed by atoms with van der Waals surface area (Å²) in [5.74, 6) is 0.0720. The SMILES string of the molecule is CC[Si](CC)(CC)N1C(=O)C(C)N(C2CCCCC2)C1=O. The summed E-state index contributed by atoms with van der Waals surface area (Å²) in [6.45, 7) is 8.37. The van der Waals surface area contributed by atoms with Gasteiger partial charge in [0.1, 0.15) is 6.04 Å². The summed E-state index contributed by atoms with van der Waals surface area (Å²) in [5.41, 5.74) is 0. The van der Waals surface area contributed by atoms with Crippen molar-refractivity contribution in [1.82, 2.24) is 9.47 Å². The van der Waals surface area contributed by atoms with Gasteiger partial charge in [-0.2, -0.15) is 0 Å². The Morgan fingerprint density at radius 1 is 1.00 bits per heavy atom. The van der Waals surface area contributed by atoms with E-state index in [-0.39, 0.29) is 24.0 Å². The van der Waals surface area contributed by atoms with Gasteiger partial charge in [-0.25, -0.2) is 4.79 Å². The molecular weight excluding hydrogens is 280 g/mol. The molecule has 5 heteroatoms. The predicted molar refractivity (Wildman–Crippen MR) is 87.6 cm³/mol. The number of urea groups is 1. The van der Waals surface area contributed by atoms with Crippen molar-refractivity contribution in [2.75, 3.05) is 0 Å². The number of carbonyl (C=O) groups is 2. The molecule has 0 aromatic rings. The molecule has 4 nitrogen and oxygen atoms in total. The molecule has 120 valence electrons. The second kappa shape index (κ2) is 6.51. The van der Waals surface area contributed by atoms with Crippen LogP contribution in [-0.2, 0) is 4.79 Å². The van der Waals surface area contributed by atoms with E-state index in [0.29, 0.717) is 0 Å². The van der Waals surface area contributed by atoms with E-state index in [1.165, 1.54) is 19.3 Å². The van der Waals surface area contributed by atoms with Crippen molar-refractivity contribution >= 4 is 20.2 Å². The van der Waals surface area contributed by atoms with E-state index >= 15 is 0 Å². The van der Waals surface area contributed by atoms with Crippen LogP contribution in [0.5, 0.6) is 0 Å². The fourth-order valence-electron chi connectivity index (χ4n) is 4.17. The first-order chi connectivity index (χ1) is 10.0. The minimum atomic E-state index is -1.97. The molecule has 1 heterocycles. The molecule has 0 aromatic carbocycles. The van der Waals surface area contributed by atoms with Gasteiger partial charge >= 0.3 is 6.03 Å². The number of hydrogen-bond donors (Lipinski definition) is 0. The zero-order valence-corrected chi connectivity index (χ0v) is 15.0. The van der Waals surface area contributed by atoms with Gasteiger partial charge in [-0.3, -0.25) is 9.36 Å². The van der Waals surface area contributed by atoms with E-state index in [1.54, 1.807) is 4.57 Å². The smallest absolute Gasteiger partial charge is 0.310 e. The molecule has 2 aliphatic rings. The van der Waals surface area contributed by atoms with Crippen molar-refractivity contribution < 1.29 is 9.59 Å². The number of hydrogen-bond acceptors (Lipinski definition) is 2. The highest BCUT2D eigenvalue weighted by Crippen LogP contribution is 2.35. The molecule has 1 atom stereocenters. The van der Waals surface area contributed by atoms with Gasteiger partial charge in [0.25, 0.3) is 0 Å². The number of imide groups is 1. The van der Waals surface area contributed by atoms with Gasteiger partial charge < -0.3 is 4.90 Å². The average Bonchev–Trinajstić information content (AvgIpc) is 2.74. The Morgan fingerprint density at radius 2 is 1.52 bits per heavy atom. The lowest BCUT2D eigenvalue weighted by atomic mass is 9.94. The molecule has 2 fully saturated rings. The normalized spacial score (nSPS) is 25.0. The van der Waals surface area contributed by atoms with Crippen molar-refractivity contribution in [2.45, 2.75) is 90.0 Å². The Balaban J connectivity index is 2.29. The van der Waals surface area contributed by atoms with E-state index in [9.17, 15) is 9.59 Å². The zero-order valence-electron chi connectivity index (χ0n) is 14.0. The van der Waals surface area contributed by atoms with E-state index in [4.69, 9.17) is 0 Å². The molecule has 1 unspecified atom stereocenters. The first-order valence-corrected chi connectivity index (χ1v) is 11.3. The van der Waals surface area contributed by atoms with Crippen molar-refractivity contribution in [2.24, 2.45) is 0 Å². The fraction of sp³-hybridized carbons (Fsp3) is 0.875. The minimum Gasteiger partial charge on any atom is -0.310 e. The van der Waals surface area contributed by atoms with Gasteiger partial charge in [-0.15, -0.1) is 0 Å². The molecule has 21 heavy (non-hydrogen) atoms. The second-order valence-electron chi connectivity index (χ2n) is 6.62. The van der Waals surface area contributed by atoms with Crippen LogP contribution < -0.4 is 0 Å². The van der Waals surface area contributed by atoms with Crippen molar-refractivity contribution in [1.29, 1.82) is 0 Å². The summed E-state index contributed by atoms with van der Waals surface area (Å²) in [7, 11) is -1.97. The maximum Gasteiger partial charge on any atom is 0.319 e. The number of rotatable bonds is 5. The highest BCUT2D eigenvalue weighted by atomic mass is 28.3. The summed E-state index contributed by atoms with van der Waals surface area (Å²) in [6.07, 6.45) is 5.77. The van der Waals surface area contributed by atoms with Crippen LogP contribution in [0, 0.1) is 0 Å².